The van der Waals surface area contributed by atoms with Crippen LogP contribution in [0.15, 0.2) is 45.7 Å². The van der Waals surface area contributed by atoms with E-state index in [1.54, 1.807) is 24.3 Å². The number of aromatic nitrogens is 2. The first-order chi connectivity index (χ1) is 14.5. The van der Waals surface area contributed by atoms with Gasteiger partial charge < -0.3 is 5.32 Å². The van der Waals surface area contributed by atoms with Crippen molar-refractivity contribution in [2.24, 2.45) is 0 Å². The Hall–Kier alpha value is -2.45. The zero-order valence-corrected chi connectivity index (χ0v) is 18.4. The molecule has 1 amide bonds. The molecule has 4 rings (SSSR count). The van der Waals surface area contributed by atoms with Gasteiger partial charge in [0.15, 0.2) is 10.9 Å². The van der Waals surface area contributed by atoms with Gasteiger partial charge in [-0.15, -0.1) is 11.3 Å². The summed E-state index contributed by atoms with van der Waals surface area (Å²) >= 11 is 2.73. The summed E-state index contributed by atoms with van der Waals surface area (Å²) < 4.78 is 1.81. The van der Waals surface area contributed by atoms with E-state index in [9.17, 15) is 14.4 Å². The minimum atomic E-state index is -0.198. The molecular weight excluding hydrogens is 418 g/mol. The lowest BCUT2D eigenvalue weighted by Crippen LogP contribution is -2.29. The lowest BCUT2D eigenvalue weighted by molar-refractivity contribution is -0.113. The van der Waals surface area contributed by atoms with Crippen LogP contribution in [-0.4, -0.2) is 27.0 Å². The van der Waals surface area contributed by atoms with Gasteiger partial charge in [0.2, 0.25) is 5.91 Å². The molecule has 8 heteroatoms. The Labute approximate surface area is 182 Å². The van der Waals surface area contributed by atoms with Crippen molar-refractivity contribution < 1.29 is 9.59 Å². The number of Topliss-reactive ketones (excluding diaryl/α,β-unsaturated/α-hetero) is 1. The van der Waals surface area contributed by atoms with Crippen molar-refractivity contribution in [3.05, 3.63) is 51.6 Å². The number of fused-ring (bicyclic) bond motifs is 1. The molecule has 2 aromatic heterocycles. The highest BCUT2D eigenvalue weighted by Gasteiger charge is 2.22. The van der Waals surface area contributed by atoms with Gasteiger partial charge in [-0.2, -0.15) is 0 Å². The number of amides is 1. The van der Waals surface area contributed by atoms with E-state index in [0.717, 1.165) is 25.7 Å². The molecule has 1 aromatic carbocycles. The smallest absolute Gasteiger partial charge is 0.263 e. The fourth-order valence-electron chi connectivity index (χ4n) is 3.81. The number of anilines is 1. The largest absolute Gasteiger partial charge is 0.325 e. The number of nitrogens with zero attached hydrogens (tertiary/aromatic N) is 2. The van der Waals surface area contributed by atoms with Crippen LogP contribution in [0, 0.1) is 0 Å². The number of nitrogens with one attached hydrogen (secondary N) is 1. The van der Waals surface area contributed by atoms with Crippen LogP contribution in [0.25, 0.3) is 10.2 Å². The second-order valence-electron chi connectivity index (χ2n) is 7.47. The molecule has 3 aromatic rings. The van der Waals surface area contributed by atoms with E-state index in [4.69, 9.17) is 4.98 Å². The van der Waals surface area contributed by atoms with Crippen LogP contribution in [0.3, 0.4) is 0 Å². The molecule has 1 aliphatic carbocycles. The molecule has 156 valence electrons. The third-order valence-electron chi connectivity index (χ3n) is 5.32. The van der Waals surface area contributed by atoms with E-state index in [0.29, 0.717) is 26.6 Å². The van der Waals surface area contributed by atoms with Gasteiger partial charge in [-0.05, 0) is 43.3 Å². The third-order valence-corrected chi connectivity index (χ3v) is 7.08. The van der Waals surface area contributed by atoms with E-state index in [1.807, 2.05) is 16.0 Å². The first kappa shape index (κ1) is 20.8. The number of ketones is 1. The summed E-state index contributed by atoms with van der Waals surface area (Å²) in [6.07, 6.45) is 5.35. The fraction of sp³-hybridized carbons (Fsp3) is 0.364. The molecule has 1 aliphatic rings. The molecule has 30 heavy (non-hydrogen) atoms. The number of hydrogen-bond donors (Lipinski definition) is 1. The van der Waals surface area contributed by atoms with Crippen molar-refractivity contribution in [3.63, 3.8) is 0 Å². The quantitative estimate of drug-likeness (QED) is 0.334. The molecule has 0 atom stereocenters. The molecule has 1 saturated carbocycles. The highest BCUT2D eigenvalue weighted by atomic mass is 32.2. The summed E-state index contributed by atoms with van der Waals surface area (Å²) in [6, 6.07) is 8.85. The summed E-state index contributed by atoms with van der Waals surface area (Å²) in [4.78, 5) is 42.6. The third kappa shape index (κ3) is 4.49. The average molecular weight is 442 g/mol. The Balaban J connectivity index is 1.54. The average Bonchev–Trinajstić information content (AvgIpc) is 3.22. The summed E-state index contributed by atoms with van der Waals surface area (Å²) in [5, 5.41) is 5.97. The summed E-state index contributed by atoms with van der Waals surface area (Å²) in [6.45, 7) is 1.49. The Morgan fingerprint density at radius 3 is 2.80 bits per heavy atom. The standard InChI is InChI=1S/C22H23N3O3S2/c1-14(26)15-6-5-7-16(12-15)23-19(27)13-30-22-24-20-18(10-11-29-20)21(28)25(22)17-8-3-2-4-9-17/h5-7,10-12,17H,2-4,8-9,13H2,1H3,(H,23,27). The molecule has 0 unspecified atom stereocenters. The Kier molecular flexibility index (Phi) is 6.34. The van der Waals surface area contributed by atoms with Gasteiger partial charge in [0.1, 0.15) is 4.83 Å². The van der Waals surface area contributed by atoms with Crippen LogP contribution < -0.4 is 10.9 Å². The maximum atomic E-state index is 13.1. The molecule has 1 fully saturated rings. The van der Waals surface area contributed by atoms with E-state index >= 15 is 0 Å². The monoisotopic (exact) mass is 441 g/mol. The number of hydrogen-bond acceptors (Lipinski definition) is 6. The van der Waals surface area contributed by atoms with Gasteiger partial charge in [0.05, 0.1) is 11.1 Å². The maximum absolute atomic E-state index is 13.1. The number of carbonyl (C=O) groups is 2. The van der Waals surface area contributed by atoms with Crippen LogP contribution in [0.2, 0.25) is 0 Å². The second-order valence-corrected chi connectivity index (χ2v) is 9.31. The maximum Gasteiger partial charge on any atom is 0.263 e. The minimum absolute atomic E-state index is 0.00906. The summed E-state index contributed by atoms with van der Waals surface area (Å²) in [5.74, 6) is -0.109. The first-order valence-electron chi connectivity index (χ1n) is 10.1. The number of benzene rings is 1. The van der Waals surface area contributed by atoms with E-state index in [-0.39, 0.29) is 29.0 Å². The van der Waals surface area contributed by atoms with Crippen molar-refractivity contribution >= 4 is 50.7 Å². The van der Waals surface area contributed by atoms with Gasteiger partial charge >= 0.3 is 0 Å². The van der Waals surface area contributed by atoms with Crippen molar-refractivity contribution in [3.8, 4) is 0 Å². The van der Waals surface area contributed by atoms with Crippen LogP contribution in [0.1, 0.15) is 55.4 Å². The van der Waals surface area contributed by atoms with Gasteiger partial charge in [0, 0.05) is 17.3 Å². The molecule has 1 N–H and O–H groups in total. The molecule has 0 spiro atoms. The van der Waals surface area contributed by atoms with Gasteiger partial charge in [-0.3, -0.25) is 19.0 Å². The molecule has 2 heterocycles. The van der Waals surface area contributed by atoms with Crippen molar-refractivity contribution in [1.82, 2.24) is 9.55 Å². The van der Waals surface area contributed by atoms with Crippen LogP contribution >= 0.6 is 23.1 Å². The molecule has 0 saturated heterocycles. The van der Waals surface area contributed by atoms with Crippen molar-refractivity contribution in [2.45, 2.75) is 50.2 Å². The minimum Gasteiger partial charge on any atom is -0.325 e. The molecule has 0 radical (unpaired) electrons. The number of carbonyl (C=O) groups excluding carboxylic acids is 2. The van der Waals surface area contributed by atoms with Crippen molar-refractivity contribution in [1.29, 1.82) is 0 Å². The van der Waals surface area contributed by atoms with Crippen LogP contribution in [0.5, 0.6) is 0 Å². The number of rotatable bonds is 6. The normalized spacial score (nSPS) is 14.7. The zero-order chi connectivity index (χ0) is 21.1. The van der Waals surface area contributed by atoms with E-state index in [1.165, 1.54) is 36.4 Å². The molecular formula is C22H23N3O3S2. The molecule has 0 aliphatic heterocycles. The SMILES string of the molecule is CC(=O)c1cccc(NC(=O)CSc2nc3sccc3c(=O)n2C2CCCCC2)c1. The van der Waals surface area contributed by atoms with E-state index in [2.05, 4.69) is 5.32 Å². The van der Waals surface area contributed by atoms with E-state index < -0.39 is 0 Å². The first-order valence-corrected chi connectivity index (χ1v) is 11.9. The van der Waals surface area contributed by atoms with Crippen molar-refractivity contribution in [2.75, 3.05) is 11.1 Å². The summed E-state index contributed by atoms with van der Waals surface area (Å²) in [5.41, 5.74) is 1.13. The van der Waals surface area contributed by atoms with Gasteiger partial charge in [0.25, 0.3) is 5.56 Å². The van der Waals surface area contributed by atoms with Crippen LogP contribution in [0.4, 0.5) is 5.69 Å². The predicted octanol–water partition coefficient (Wildman–Crippen LogP) is 4.90. The Morgan fingerprint density at radius 2 is 2.03 bits per heavy atom. The summed E-state index contributed by atoms with van der Waals surface area (Å²) in [7, 11) is 0. The second kappa shape index (κ2) is 9.14. The van der Waals surface area contributed by atoms with Gasteiger partial charge in [-0.1, -0.05) is 43.2 Å². The van der Waals surface area contributed by atoms with Crippen LogP contribution in [-0.2, 0) is 4.79 Å². The highest BCUT2D eigenvalue weighted by molar-refractivity contribution is 7.99. The fourth-order valence-corrected chi connectivity index (χ4v) is 5.49. The Bertz CT molecular complexity index is 1150. The lowest BCUT2D eigenvalue weighted by atomic mass is 9.95. The predicted molar refractivity (Wildman–Crippen MR) is 122 cm³/mol. The topological polar surface area (TPSA) is 81.1 Å². The highest BCUT2D eigenvalue weighted by Crippen LogP contribution is 2.31. The molecule has 0 bridgehead atoms. The zero-order valence-electron chi connectivity index (χ0n) is 16.7. The Morgan fingerprint density at radius 1 is 1.23 bits per heavy atom. The molecule has 6 nitrogen and oxygen atoms in total. The lowest BCUT2D eigenvalue weighted by Gasteiger charge is -2.25. The number of thiophene rings is 1. The van der Waals surface area contributed by atoms with Gasteiger partial charge in [-0.25, -0.2) is 4.98 Å². The number of thioether (sulfide) groups is 1.